The number of nitrogens with zero attached hydrogens (tertiary/aromatic N) is 2. The predicted octanol–water partition coefficient (Wildman–Crippen LogP) is 2.09. The van der Waals surface area contributed by atoms with Crippen LogP contribution in [0.1, 0.15) is 10.4 Å². The highest BCUT2D eigenvalue weighted by molar-refractivity contribution is 7.92. The highest BCUT2D eigenvalue weighted by Gasteiger charge is 2.20. The van der Waals surface area contributed by atoms with Crippen molar-refractivity contribution < 1.29 is 23.1 Å². The van der Waals surface area contributed by atoms with E-state index in [4.69, 9.17) is 4.74 Å². The van der Waals surface area contributed by atoms with Crippen LogP contribution in [-0.4, -0.2) is 59.0 Å². The second-order valence-electron chi connectivity index (χ2n) is 6.58. The minimum Gasteiger partial charge on any atom is -0.497 e. The Balaban J connectivity index is 1.72. The fraction of sp³-hybridized carbons (Fsp3) is 0.316. The minimum absolute atomic E-state index is 0.0654. The zero-order chi connectivity index (χ0) is 20.3. The molecule has 0 unspecified atom stereocenters. The molecule has 28 heavy (non-hydrogen) atoms. The first-order chi connectivity index (χ1) is 13.3. The Morgan fingerprint density at radius 3 is 2.04 bits per heavy atom. The summed E-state index contributed by atoms with van der Waals surface area (Å²) in [6, 6.07) is 12.6. The Kier molecular flexibility index (Phi) is 5.64. The number of sulfonamides is 1. The summed E-state index contributed by atoms with van der Waals surface area (Å²) in [4.78, 5) is 15.9. The molecule has 8 nitrogen and oxygen atoms in total. The Morgan fingerprint density at radius 1 is 1.00 bits per heavy atom. The maximum Gasteiger partial charge on any atom is 0.337 e. The fourth-order valence-corrected chi connectivity index (χ4v) is 3.79. The van der Waals surface area contributed by atoms with E-state index in [-0.39, 0.29) is 11.3 Å². The van der Waals surface area contributed by atoms with Crippen LogP contribution < -0.4 is 19.3 Å². The van der Waals surface area contributed by atoms with Gasteiger partial charge in [0.25, 0.3) is 0 Å². The van der Waals surface area contributed by atoms with E-state index in [9.17, 15) is 18.3 Å². The summed E-state index contributed by atoms with van der Waals surface area (Å²) >= 11 is 0. The number of aromatic carboxylic acids is 1. The van der Waals surface area contributed by atoms with E-state index in [1.54, 1.807) is 13.2 Å². The molecule has 0 aliphatic carbocycles. The van der Waals surface area contributed by atoms with Gasteiger partial charge in [0.1, 0.15) is 5.75 Å². The molecule has 2 aromatic carbocycles. The van der Waals surface area contributed by atoms with Crippen LogP contribution in [0.2, 0.25) is 0 Å². The van der Waals surface area contributed by atoms with Crippen molar-refractivity contribution in [3.05, 3.63) is 48.0 Å². The van der Waals surface area contributed by atoms with Gasteiger partial charge in [0.15, 0.2) is 0 Å². The molecule has 2 aromatic rings. The maximum absolute atomic E-state index is 11.6. The SMILES string of the molecule is COc1ccc(N2CCN(c3ccc(NS(C)(=O)=O)c(C(=O)O)c3)CC2)cc1. The topological polar surface area (TPSA) is 99.2 Å². The number of hydrogen-bond acceptors (Lipinski definition) is 6. The van der Waals surface area contributed by atoms with Gasteiger partial charge in [0.2, 0.25) is 10.0 Å². The number of anilines is 3. The van der Waals surface area contributed by atoms with Gasteiger partial charge < -0.3 is 19.6 Å². The Bertz CT molecular complexity index is 952. The Morgan fingerprint density at radius 2 is 1.54 bits per heavy atom. The summed E-state index contributed by atoms with van der Waals surface area (Å²) in [6.45, 7) is 3.03. The zero-order valence-electron chi connectivity index (χ0n) is 15.8. The van der Waals surface area contributed by atoms with Gasteiger partial charge in [0, 0.05) is 37.6 Å². The highest BCUT2D eigenvalue weighted by Crippen LogP contribution is 2.27. The van der Waals surface area contributed by atoms with Crippen molar-refractivity contribution >= 4 is 33.1 Å². The van der Waals surface area contributed by atoms with E-state index in [1.165, 1.54) is 12.1 Å². The Labute approximate surface area is 164 Å². The summed E-state index contributed by atoms with van der Waals surface area (Å²) in [5.41, 5.74) is 1.86. The van der Waals surface area contributed by atoms with Gasteiger partial charge in [-0.3, -0.25) is 4.72 Å². The van der Waals surface area contributed by atoms with Gasteiger partial charge in [-0.25, -0.2) is 13.2 Å². The molecule has 0 bridgehead atoms. The predicted molar refractivity (Wildman–Crippen MR) is 109 cm³/mol. The maximum atomic E-state index is 11.6. The van der Waals surface area contributed by atoms with E-state index in [0.717, 1.165) is 49.6 Å². The van der Waals surface area contributed by atoms with Crippen LogP contribution in [0.15, 0.2) is 42.5 Å². The van der Waals surface area contributed by atoms with Crippen LogP contribution >= 0.6 is 0 Å². The lowest BCUT2D eigenvalue weighted by Crippen LogP contribution is -2.46. The first-order valence-corrected chi connectivity index (χ1v) is 10.6. The number of carboxylic acids is 1. The number of rotatable bonds is 6. The van der Waals surface area contributed by atoms with E-state index in [2.05, 4.69) is 14.5 Å². The van der Waals surface area contributed by atoms with Crippen molar-refractivity contribution in [3.63, 3.8) is 0 Å². The molecule has 3 rings (SSSR count). The molecule has 0 atom stereocenters. The normalized spacial score (nSPS) is 14.6. The monoisotopic (exact) mass is 405 g/mol. The van der Waals surface area contributed by atoms with Gasteiger partial charge in [0.05, 0.1) is 24.6 Å². The van der Waals surface area contributed by atoms with Crippen LogP contribution in [0.5, 0.6) is 5.75 Å². The number of hydrogen-bond donors (Lipinski definition) is 2. The lowest BCUT2D eigenvalue weighted by Gasteiger charge is -2.37. The van der Waals surface area contributed by atoms with Crippen LogP contribution in [0.4, 0.5) is 17.1 Å². The van der Waals surface area contributed by atoms with Crippen LogP contribution in [0.25, 0.3) is 0 Å². The highest BCUT2D eigenvalue weighted by atomic mass is 32.2. The van der Waals surface area contributed by atoms with E-state index in [0.29, 0.717) is 0 Å². The minimum atomic E-state index is -3.56. The van der Waals surface area contributed by atoms with E-state index < -0.39 is 16.0 Å². The second-order valence-corrected chi connectivity index (χ2v) is 8.33. The van der Waals surface area contributed by atoms with Crippen molar-refractivity contribution in [1.82, 2.24) is 0 Å². The zero-order valence-corrected chi connectivity index (χ0v) is 16.6. The molecule has 1 aliphatic heterocycles. The fourth-order valence-electron chi connectivity index (χ4n) is 3.21. The quantitative estimate of drug-likeness (QED) is 0.759. The van der Waals surface area contributed by atoms with Crippen LogP contribution in [-0.2, 0) is 10.0 Å². The molecule has 0 radical (unpaired) electrons. The number of carboxylic acid groups (broad SMARTS) is 1. The first kappa shape index (κ1) is 19.8. The summed E-state index contributed by atoms with van der Waals surface area (Å²) < 4.78 is 30.3. The van der Waals surface area contributed by atoms with Gasteiger partial charge in [-0.2, -0.15) is 0 Å². The summed E-state index contributed by atoms with van der Waals surface area (Å²) in [6.07, 6.45) is 0.991. The Hall–Kier alpha value is -2.94. The molecule has 0 aromatic heterocycles. The molecule has 1 saturated heterocycles. The second kappa shape index (κ2) is 7.97. The van der Waals surface area contributed by atoms with Gasteiger partial charge in [-0.05, 0) is 42.5 Å². The van der Waals surface area contributed by atoms with Crippen molar-refractivity contribution in [3.8, 4) is 5.75 Å². The summed E-state index contributed by atoms with van der Waals surface area (Å²) in [5.74, 6) is -0.365. The largest absolute Gasteiger partial charge is 0.497 e. The van der Waals surface area contributed by atoms with Crippen molar-refractivity contribution in [2.24, 2.45) is 0 Å². The molecule has 1 fully saturated rings. The molecule has 0 amide bonds. The molecular weight excluding hydrogens is 382 g/mol. The molecule has 2 N–H and O–H groups in total. The lowest BCUT2D eigenvalue weighted by molar-refractivity contribution is 0.0698. The third-order valence-electron chi connectivity index (χ3n) is 4.61. The van der Waals surface area contributed by atoms with Crippen LogP contribution in [0.3, 0.4) is 0 Å². The molecule has 9 heteroatoms. The molecule has 0 spiro atoms. The molecule has 1 aliphatic rings. The van der Waals surface area contributed by atoms with Crippen molar-refractivity contribution in [1.29, 1.82) is 0 Å². The molecular formula is C19H23N3O5S. The van der Waals surface area contributed by atoms with Gasteiger partial charge >= 0.3 is 5.97 Å². The van der Waals surface area contributed by atoms with Gasteiger partial charge in [-0.15, -0.1) is 0 Å². The van der Waals surface area contributed by atoms with Crippen LogP contribution in [0, 0.1) is 0 Å². The molecule has 150 valence electrons. The average Bonchev–Trinajstić information content (AvgIpc) is 2.67. The number of nitrogens with one attached hydrogen (secondary N) is 1. The summed E-state index contributed by atoms with van der Waals surface area (Å²) in [5, 5.41) is 9.45. The van der Waals surface area contributed by atoms with Gasteiger partial charge in [-0.1, -0.05) is 0 Å². The van der Waals surface area contributed by atoms with Crippen molar-refractivity contribution in [2.75, 3.05) is 54.1 Å². The van der Waals surface area contributed by atoms with Crippen molar-refractivity contribution in [2.45, 2.75) is 0 Å². The number of methoxy groups -OCH3 is 1. The standard InChI is InChI=1S/C19H23N3O5S/c1-27-16-6-3-14(4-7-16)21-9-11-22(12-10-21)15-5-8-18(20-28(2,25)26)17(13-15)19(23)24/h3-8,13,20H,9-12H2,1-2H3,(H,23,24). The van der Waals surface area contributed by atoms with E-state index in [1.807, 2.05) is 24.3 Å². The lowest BCUT2D eigenvalue weighted by atomic mass is 10.1. The first-order valence-electron chi connectivity index (χ1n) is 8.76. The molecule has 1 heterocycles. The average molecular weight is 405 g/mol. The number of benzene rings is 2. The number of ether oxygens (including phenoxy) is 1. The number of piperazine rings is 1. The number of carbonyl (C=O) groups is 1. The summed E-state index contributed by atoms with van der Waals surface area (Å²) in [7, 11) is -1.92. The van der Waals surface area contributed by atoms with E-state index >= 15 is 0 Å². The molecule has 0 saturated carbocycles. The third kappa shape index (κ3) is 4.66. The third-order valence-corrected chi connectivity index (χ3v) is 5.20. The smallest absolute Gasteiger partial charge is 0.337 e.